The van der Waals surface area contributed by atoms with E-state index in [-0.39, 0.29) is 10.5 Å². The molecule has 0 N–H and O–H groups in total. The number of ether oxygens (including phenoxy) is 1. The van der Waals surface area contributed by atoms with Crippen molar-refractivity contribution in [3.63, 3.8) is 0 Å². The minimum atomic E-state index is -3.00. The van der Waals surface area contributed by atoms with Crippen molar-refractivity contribution in [2.75, 3.05) is 31.2 Å². The van der Waals surface area contributed by atoms with Gasteiger partial charge in [0.2, 0.25) is 10.0 Å². The highest BCUT2D eigenvalue weighted by Crippen LogP contribution is 2.47. The van der Waals surface area contributed by atoms with Gasteiger partial charge >= 0.3 is 0 Å². The van der Waals surface area contributed by atoms with Crippen molar-refractivity contribution in [2.24, 2.45) is 5.92 Å². The fourth-order valence-electron chi connectivity index (χ4n) is 3.76. The number of sulfonamides is 1. The van der Waals surface area contributed by atoms with Gasteiger partial charge in [0, 0.05) is 30.2 Å². The number of hydrogen-bond donors (Lipinski definition) is 0. The molecule has 0 aromatic carbocycles. The van der Waals surface area contributed by atoms with Crippen LogP contribution in [-0.2, 0) is 14.8 Å². The molecule has 6 heteroatoms. The first-order valence-corrected chi connectivity index (χ1v) is 10.9. The highest BCUT2D eigenvalue weighted by molar-refractivity contribution is 8.01. The highest BCUT2D eigenvalue weighted by Gasteiger charge is 2.52. The van der Waals surface area contributed by atoms with Gasteiger partial charge in [-0.25, -0.2) is 8.42 Å². The van der Waals surface area contributed by atoms with Crippen molar-refractivity contribution < 1.29 is 13.2 Å². The van der Waals surface area contributed by atoms with Crippen LogP contribution in [-0.4, -0.2) is 54.8 Å². The third kappa shape index (κ3) is 3.59. The van der Waals surface area contributed by atoms with Crippen LogP contribution in [0, 0.1) is 5.92 Å². The monoisotopic (exact) mass is 333 g/mol. The molecule has 1 aliphatic carbocycles. The lowest BCUT2D eigenvalue weighted by atomic mass is 9.95. The molecule has 4 nitrogen and oxygen atoms in total. The summed E-state index contributed by atoms with van der Waals surface area (Å²) in [5.41, 5.74) is 0. The van der Waals surface area contributed by atoms with Crippen molar-refractivity contribution in [1.29, 1.82) is 0 Å². The molecule has 122 valence electrons. The van der Waals surface area contributed by atoms with Crippen molar-refractivity contribution >= 4 is 21.8 Å². The molecule has 3 rings (SSSR count). The normalized spacial score (nSPS) is 30.0. The lowest BCUT2D eigenvalue weighted by Gasteiger charge is -2.46. The van der Waals surface area contributed by atoms with Crippen LogP contribution < -0.4 is 0 Å². The topological polar surface area (TPSA) is 46.6 Å². The van der Waals surface area contributed by atoms with Crippen molar-refractivity contribution in [2.45, 2.75) is 56.3 Å². The van der Waals surface area contributed by atoms with Gasteiger partial charge < -0.3 is 4.74 Å². The van der Waals surface area contributed by atoms with Crippen LogP contribution in [0.3, 0.4) is 0 Å². The lowest BCUT2D eigenvalue weighted by Crippen LogP contribution is -2.61. The van der Waals surface area contributed by atoms with E-state index in [0.717, 1.165) is 24.7 Å². The van der Waals surface area contributed by atoms with Crippen molar-refractivity contribution in [3.05, 3.63) is 0 Å². The molecule has 3 aliphatic rings. The first-order chi connectivity index (χ1) is 10.0. The fourth-order valence-corrected chi connectivity index (χ4v) is 7.14. The maximum Gasteiger partial charge on any atom is 0.214 e. The van der Waals surface area contributed by atoms with E-state index in [1.807, 2.05) is 18.7 Å². The minimum absolute atomic E-state index is 0.154. The van der Waals surface area contributed by atoms with E-state index in [0.29, 0.717) is 25.6 Å². The van der Waals surface area contributed by atoms with Crippen molar-refractivity contribution in [3.8, 4) is 0 Å². The largest absolute Gasteiger partial charge is 0.377 e. The van der Waals surface area contributed by atoms with Crippen LogP contribution >= 0.6 is 11.8 Å². The molecule has 21 heavy (non-hydrogen) atoms. The lowest BCUT2D eigenvalue weighted by molar-refractivity contribution is 0.0303. The molecule has 1 saturated carbocycles. The summed E-state index contributed by atoms with van der Waals surface area (Å²) in [6.07, 6.45) is 7.45. The van der Waals surface area contributed by atoms with E-state index in [1.54, 1.807) is 4.31 Å². The molecule has 0 aromatic rings. The first-order valence-electron chi connectivity index (χ1n) is 8.26. The smallest absolute Gasteiger partial charge is 0.214 e. The van der Waals surface area contributed by atoms with Crippen LogP contribution in [0.1, 0.15) is 45.4 Å². The first kappa shape index (κ1) is 16.1. The Bertz CT molecular complexity index is 454. The van der Waals surface area contributed by atoms with E-state index < -0.39 is 10.0 Å². The molecule has 0 amide bonds. The Balaban J connectivity index is 1.43. The summed E-state index contributed by atoms with van der Waals surface area (Å²) in [6, 6.07) is 0. The zero-order valence-electron chi connectivity index (χ0n) is 12.9. The standard InChI is InChI=1S/C15H27NO3S2/c1-2-7-21(17,18)16-11-15(12-16)8-14(10-20-15)19-9-13-5-3-4-6-13/h13-14H,2-12H2,1H3/t14-/m0/s1. The zero-order chi connectivity index (χ0) is 14.9. The maximum absolute atomic E-state index is 12.0. The van der Waals surface area contributed by atoms with E-state index in [1.165, 1.54) is 25.7 Å². The van der Waals surface area contributed by atoms with Crippen LogP contribution in [0.5, 0.6) is 0 Å². The second-order valence-corrected chi connectivity index (χ2v) is 10.5. The molecular weight excluding hydrogens is 306 g/mol. The summed E-state index contributed by atoms with van der Waals surface area (Å²) in [7, 11) is -3.00. The molecule has 0 aromatic heterocycles. The van der Waals surface area contributed by atoms with Gasteiger partial charge in [-0.15, -0.1) is 11.8 Å². The molecule has 1 atom stereocenters. The van der Waals surface area contributed by atoms with Crippen LogP contribution in [0.4, 0.5) is 0 Å². The van der Waals surface area contributed by atoms with E-state index >= 15 is 0 Å². The maximum atomic E-state index is 12.0. The van der Waals surface area contributed by atoms with Gasteiger partial charge in [-0.2, -0.15) is 4.31 Å². The summed E-state index contributed by atoms with van der Waals surface area (Å²) in [5.74, 6) is 2.10. The Labute approximate surface area is 133 Å². The Hall–Kier alpha value is 0.220. The Morgan fingerprint density at radius 1 is 1.29 bits per heavy atom. The average Bonchev–Trinajstić information content (AvgIpc) is 3.04. The summed E-state index contributed by atoms with van der Waals surface area (Å²) in [6.45, 7) is 4.23. The van der Waals surface area contributed by atoms with Gasteiger partial charge in [0.25, 0.3) is 0 Å². The Morgan fingerprint density at radius 2 is 2.00 bits per heavy atom. The summed E-state index contributed by atoms with van der Waals surface area (Å²) in [5, 5.41) is 0. The summed E-state index contributed by atoms with van der Waals surface area (Å²) in [4.78, 5) is 0. The molecule has 3 fully saturated rings. The summed E-state index contributed by atoms with van der Waals surface area (Å²) >= 11 is 1.93. The molecule has 0 bridgehead atoms. The average molecular weight is 334 g/mol. The number of thioether (sulfide) groups is 1. The zero-order valence-corrected chi connectivity index (χ0v) is 14.6. The number of nitrogens with zero attached hydrogens (tertiary/aromatic N) is 1. The molecule has 2 saturated heterocycles. The third-order valence-electron chi connectivity index (χ3n) is 5.00. The second-order valence-electron chi connectivity index (χ2n) is 6.89. The summed E-state index contributed by atoms with van der Waals surface area (Å²) < 4.78 is 32.0. The van der Waals surface area contributed by atoms with Gasteiger partial charge in [0.1, 0.15) is 0 Å². The Kier molecular flexibility index (Phi) is 4.89. The van der Waals surface area contributed by atoms with Gasteiger partial charge in [-0.05, 0) is 31.6 Å². The fraction of sp³-hybridized carbons (Fsp3) is 1.00. The Morgan fingerprint density at radius 3 is 2.67 bits per heavy atom. The van der Waals surface area contributed by atoms with Crippen LogP contribution in [0.15, 0.2) is 0 Å². The van der Waals surface area contributed by atoms with Gasteiger partial charge in [0.05, 0.1) is 11.9 Å². The highest BCUT2D eigenvalue weighted by atomic mass is 32.2. The number of hydrogen-bond acceptors (Lipinski definition) is 4. The van der Waals surface area contributed by atoms with Gasteiger partial charge in [0.15, 0.2) is 0 Å². The van der Waals surface area contributed by atoms with Gasteiger partial charge in [-0.3, -0.25) is 0 Å². The van der Waals surface area contributed by atoms with E-state index in [9.17, 15) is 8.42 Å². The predicted molar refractivity (Wildman–Crippen MR) is 87.2 cm³/mol. The minimum Gasteiger partial charge on any atom is -0.377 e. The SMILES string of the molecule is CCCS(=O)(=O)N1CC2(C[C@H](OCC3CCCC3)CS2)C1. The molecule has 0 unspecified atom stereocenters. The number of rotatable bonds is 6. The van der Waals surface area contributed by atoms with Crippen LogP contribution in [0.2, 0.25) is 0 Å². The van der Waals surface area contributed by atoms with Crippen molar-refractivity contribution in [1.82, 2.24) is 4.31 Å². The predicted octanol–water partition coefficient (Wildman–Crippen LogP) is 2.49. The van der Waals surface area contributed by atoms with Crippen LogP contribution in [0.25, 0.3) is 0 Å². The van der Waals surface area contributed by atoms with E-state index in [4.69, 9.17) is 4.74 Å². The third-order valence-corrected chi connectivity index (χ3v) is 8.55. The molecule has 1 spiro atoms. The quantitative estimate of drug-likeness (QED) is 0.749. The molecule has 2 heterocycles. The molecule has 0 radical (unpaired) electrons. The molecule has 2 aliphatic heterocycles. The second kappa shape index (κ2) is 6.38. The van der Waals surface area contributed by atoms with Gasteiger partial charge in [-0.1, -0.05) is 19.8 Å². The molecular formula is C15H27NO3S2. The van der Waals surface area contributed by atoms with E-state index in [2.05, 4.69) is 0 Å².